The van der Waals surface area contributed by atoms with Gasteiger partial charge in [-0.15, -0.1) is 0 Å². The van der Waals surface area contributed by atoms with Crippen LogP contribution in [0.4, 0.5) is 0 Å². The molecule has 9 aromatic rings. The maximum absolute atomic E-state index is 6.48. The number of nitrogens with zero attached hydrogens (tertiary/aromatic N) is 4. The minimum absolute atomic E-state index is 0.557. The van der Waals surface area contributed by atoms with Gasteiger partial charge in [0.05, 0.1) is 11.0 Å². The van der Waals surface area contributed by atoms with Gasteiger partial charge in [0.2, 0.25) is 5.95 Å². The highest BCUT2D eigenvalue weighted by molar-refractivity contribution is 6.15. The summed E-state index contributed by atoms with van der Waals surface area (Å²) in [6, 6.07) is 53.4. The van der Waals surface area contributed by atoms with Gasteiger partial charge in [-0.2, -0.15) is 9.97 Å². The van der Waals surface area contributed by atoms with E-state index in [2.05, 4.69) is 71.3 Å². The molecule has 6 nitrogen and oxygen atoms in total. The molecule has 0 aliphatic carbocycles. The van der Waals surface area contributed by atoms with E-state index in [4.69, 9.17) is 24.4 Å². The van der Waals surface area contributed by atoms with Crippen LogP contribution in [-0.2, 0) is 0 Å². The zero-order chi connectivity index (χ0) is 32.3. The van der Waals surface area contributed by atoms with Crippen LogP contribution in [0.15, 0.2) is 158 Å². The van der Waals surface area contributed by atoms with Gasteiger partial charge in [-0.25, -0.2) is 4.98 Å². The zero-order valence-corrected chi connectivity index (χ0v) is 26.1. The SMILES string of the molecule is c1ccc(-c2nc(-c3ccccc3)nc(-n3c4ccccc4c4c(-c5ccc6c(c5)Oc5cc7ccccc7cc5O6)cccc43)n2)cc1. The van der Waals surface area contributed by atoms with Crippen LogP contribution in [-0.4, -0.2) is 19.5 Å². The highest BCUT2D eigenvalue weighted by Gasteiger charge is 2.23. The molecular formula is C43H26N4O2. The lowest BCUT2D eigenvalue weighted by Gasteiger charge is -2.22. The Morgan fingerprint density at radius 2 is 0.980 bits per heavy atom. The molecule has 0 radical (unpaired) electrons. The number of ether oxygens (including phenoxy) is 2. The average molecular weight is 631 g/mol. The molecule has 230 valence electrons. The molecule has 0 N–H and O–H groups in total. The van der Waals surface area contributed by atoms with Crippen molar-refractivity contribution in [1.29, 1.82) is 0 Å². The van der Waals surface area contributed by atoms with Gasteiger partial charge in [-0.1, -0.05) is 121 Å². The molecule has 0 amide bonds. The normalized spacial score (nSPS) is 12.0. The minimum atomic E-state index is 0.557. The molecule has 3 heterocycles. The fraction of sp³-hybridized carbons (Fsp3) is 0. The van der Waals surface area contributed by atoms with E-state index >= 15 is 0 Å². The lowest BCUT2D eigenvalue weighted by Crippen LogP contribution is -2.06. The second-order valence-electron chi connectivity index (χ2n) is 12.1. The Hall–Kier alpha value is -6.79. The van der Waals surface area contributed by atoms with Crippen molar-refractivity contribution in [3.63, 3.8) is 0 Å². The Kier molecular flexibility index (Phi) is 6.08. The van der Waals surface area contributed by atoms with E-state index in [-0.39, 0.29) is 0 Å². The van der Waals surface area contributed by atoms with Gasteiger partial charge in [-0.05, 0) is 58.3 Å². The first-order valence-electron chi connectivity index (χ1n) is 16.2. The summed E-state index contributed by atoms with van der Waals surface area (Å²) in [6.07, 6.45) is 0. The van der Waals surface area contributed by atoms with Crippen molar-refractivity contribution in [3.8, 4) is 62.8 Å². The zero-order valence-electron chi connectivity index (χ0n) is 26.1. The third kappa shape index (κ3) is 4.53. The molecule has 0 fully saturated rings. The number of hydrogen-bond acceptors (Lipinski definition) is 5. The molecule has 10 rings (SSSR count). The fourth-order valence-corrected chi connectivity index (χ4v) is 6.81. The fourth-order valence-electron chi connectivity index (χ4n) is 6.81. The van der Waals surface area contributed by atoms with E-state index in [9.17, 15) is 0 Å². The van der Waals surface area contributed by atoms with Crippen molar-refractivity contribution in [2.45, 2.75) is 0 Å². The lowest BCUT2D eigenvalue weighted by atomic mass is 9.99. The summed E-state index contributed by atoms with van der Waals surface area (Å²) in [6.45, 7) is 0. The predicted octanol–water partition coefficient (Wildman–Crippen LogP) is 11.0. The highest BCUT2D eigenvalue weighted by Crippen LogP contribution is 2.49. The molecule has 0 saturated heterocycles. The highest BCUT2D eigenvalue weighted by atomic mass is 16.6. The number of para-hydroxylation sites is 1. The van der Waals surface area contributed by atoms with Crippen molar-refractivity contribution >= 4 is 32.6 Å². The lowest BCUT2D eigenvalue weighted by molar-refractivity contribution is 0.360. The standard InChI is InChI=1S/C43H26N4O2/c1-3-12-27(13-4-1)41-44-42(28-14-5-2-6-15-28)46-43(45-41)47-34-20-10-9-18-33(34)40-32(19-11-21-35(40)47)31-22-23-36-37(26-31)49-39-25-30-17-8-7-16-29(30)24-38(39)48-36/h1-26H. The van der Waals surface area contributed by atoms with Crippen molar-refractivity contribution in [2.24, 2.45) is 0 Å². The van der Waals surface area contributed by atoms with Crippen LogP contribution in [0.5, 0.6) is 23.0 Å². The Morgan fingerprint density at radius 1 is 0.408 bits per heavy atom. The summed E-state index contributed by atoms with van der Waals surface area (Å²) < 4.78 is 15.0. The molecule has 49 heavy (non-hydrogen) atoms. The molecule has 0 atom stereocenters. The van der Waals surface area contributed by atoms with Gasteiger partial charge < -0.3 is 9.47 Å². The Labute approximate surface area is 281 Å². The molecule has 0 bridgehead atoms. The van der Waals surface area contributed by atoms with Crippen LogP contribution < -0.4 is 9.47 Å². The third-order valence-electron chi connectivity index (χ3n) is 9.09. The molecule has 0 unspecified atom stereocenters. The first-order valence-corrected chi connectivity index (χ1v) is 16.2. The van der Waals surface area contributed by atoms with Crippen molar-refractivity contribution in [1.82, 2.24) is 19.5 Å². The van der Waals surface area contributed by atoms with E-state index in [1.165, 1.54) is 0 Å². The van der Waals surface area contributed by atoms with E-state index in [1.807, 2.05) is 91.0 Å². The first kappa shape index (κ1) is 27.3. The van der Waals surface area contributed by atoms with E-state index in [0.717, 1.165) is 54.8 Å². The van der Waals surface area contributed by atoms with Gasteiger partial charge >= 0.3 is 0 Å². The number of benzene rings is 7. The maximum Gasteiger partial charge on any atom is 0.238 e. The number of fused-ring (bicyclic) bond motifs is 6. The van der Waals surface area contributed by atoms with Crippen LogP contribution >= 0.6 is 0 Å². The second kappa shape index (κ2) is 10.9. The maximum atomic E-state index is 6.48. The van der Waals surface area contributed by atoms with Gasteiger partial charge in [0.25, 0.3) is 0 Å². The summed E-state index contributed by atoms with van der Waals surface area (Å²) in [5, 5.41) is 4.41. The molecule has 2 aromatic heterocycles. The Morgan fingerprint density at radius 3 is 1.67 bits per heavy atom. The summed E-state index contributed by atoms with van der Waals surface area (Å²) in [7, 11) is 0. The monoisotopic (exact) mass is 630 g/mol. The second-order valence-corrected chi connectivity index (χ2v) is 12.1. The van der Waals surface area contributed by atoms with Crippen LogP contribution in [0.1, 0.15) is 0 Å². The molecule has 1 aliphatic rings. The van der Waals surface area contributed by atoms with Crippen LogP contribution in [0.2, 0.25) is 0 Å². The summed E-state index contributed by atoms with van der Waals surface area (Å²) in [5.41, 5.74) is 5.95. The molecule has 0 saturated carbocycles. The number of hydrogen-bond donors (Lipinski definition) is 0. The average Bonchev–Trinajstić information content (AvgIpc) is 3.51. The van der Waals surface area contributed by atoms with Crippen LogP contribution in [0.3, 0.4) is 0 Å². The summed E-state index contributed by atoms with van der Waals surface area (Å²) in [4.78, 5) is 15.1. The van der Waals surface area contributed by atoms with Crippen LogP contribution in [0.25, 0.3) is 72.4 Å². The van der Waals surface area contributed by atoms with E-state index in [1.54, 1.807) is 0 Å². The van der Waals surface area contributed by atoms with Gasteiger partial charge in [0, 0.05) is 21.9 Å². The molecule has 7 aromatic carbocycles. The Bertz CT molecular complexity index is 2660. The first-order chi connectivity index (χ1) is 24.3. The smallest absolute Gasteiger partial charge is 0.238 e. The van der Waals surface area contributed by atoms with Gasteiger partial charge in [-0.3, -0.25) is 4.57 Å². The van der Waals surface area contributed by atoms with Crippen molar-refractivity contribution in [3.05, 3.63) is 158 Å². The van der Waals surface area contributed by atoms with Crippen molar-refractivity contribution < 1.29 is 9.47 Å². The molecule has 1 aliphatic heterocycles. The van der Waals surface area contributed by atoms with Crippen molar-refractivity contribution in [2.75, 3.05) is 0 Å². The van der Waals surface area contributed by atoms with Gasteiger partial charge in [0.15, 0.2) is 34.6 Å². The van der Waals surface area contributed by atoms with Gasteiger partial charge in [0.1, 0.15) is 0 Å². The number of aromatic nitrogens is 4. The molecule has 0 spiro atoms. The third-order valence-corrected chi connectivity index (χ3v) is 9.09. The largest absolute Gasteiger partial charge is 0.449 e. The summed E-state index contributed by atoms with van der Waals surface area (Å²) >= 11 is 0. The Balaban J connectivity index is 1.16. The topological polar surface area (TPSA) is 62.1 Å². The number of rotatable bonds is 4. The quantitative estimate of drug-likeness (QED) is 0.194. The van der Waals surface area contributed by atoms with E-state index < -0.39 is 0 Å². The van der Waals surface area contributed by atoms with Crippen LogP contribution in [0, 0.1) is 0 Å². The minimum Gasteiger partial charge on any atom is -0.449 e. The van der Waals surface area contributed by atoms with E-state index in [0.29, 0.717) is 40.6 Å². The molecular weight excluding hydrogens is 604 g/mol. The molecule has 6 heteroatoms. The predicted molar refractivity (Wildman–Crippen MR) is 195 cm³/mol. The summed E-state index contributed by atoms with van der Waals surface area (Å²) in [5.74, 6) is 4.58.